The van der Waals surface area contributed by atoms with E-state index < -0.39 is 17.8 Å². The first-order chi connectivity index (χ1) is 4.09. The van der Waals surface area contributed by atoms with Crippen LogP contribution in [0.25, 0.3) is 0 Å². The SMILES string of the molecule is O=C(O)C1(C(F)F)CC1. The first-order valence-electron chi connectivity index (χ1n) is 2.61. The third-order valence-electron chi connectivity index (χ3n) is 1.63. The number of carboxylic acids is 1. The number of carboxylic acid groups (broad SMARTS) is 1. The molecule has 1 fully saturated rings. The van der Waals surface area contributed by atoms with Gasteiger partial charge in [0, 0.05) is 0 Å². The quantitative estimate of drug-likeness (QED) is 0.617. The maximum absolute atomic E-state index is 11.7. The minimum Gasteiger partial charge on any atom is -0.481 e. The lowest BCUT2D eigenvalue weighted by Gasteiger charge is -2.05. The minimum absolute atomic E-state index is 0.125. The van der Waals surface area contributed by atoms with Gasteiger partial charge in [-0.15, -0.1) is 0 Å². The number of alkyl halides is 2. The number of hydrogen-bond acceptors (Lipinski definition) is 1. The van der Waals surface area contributed by atoms with Gasteiger partial charge in [0.05, 0.1) is 0 Å². The maximum atomic E-state index is 11.7. The van der Waals surface area contributed by atoms with Crippen LogP contribution in [-0.2, 0) is 4.79 Å². The van der Waals surface area contributed by atoms with Crippen molar-refractivity contribution in [3.63, 3.8) is 0 Å². The van der Waals surface area contributed by atoms with Gasteiger partial charge in [-0.2, -0.15) is 0 Å². The standard InChI is InChI=1S/C5H6F2O2/c6-3(7)5(1-2-5)4(8)9/h3H,1-2H2,(H,8,9). The summed E-state index contributed by atoms with van der Waals surface area (Å²) in [7, 11) is 0. The molecule has 0 saturated heterocycles. The summed E-state index contributed by atoms with van der Waals surface area (Å²) in [6.45, 7) is 0. The Bertz CT molecular complexity index is 140. The minimum atomic E-state index is -2.70. The van der Waals surface area contributed by atoms with E-state index in [1.165, 1.54) is 0 Å². The summed E-state index contributed by atoms with van der Waals surface area (Å²) in [6, 6.07) is 0. The molecule has 0 aromatic rings. The van der Waals surface area contributed by atoms with Gasteiger partial charge >= 0.3 is 5.97 Å². The second-order valence-corrected chi connectivity index (χ2v) is 2.26. The van der Waals surface area contributed by atoms with Gasteiger partial charge in [0.25, 0.3) is 6.43 Å². The molecule has 1 N–H and O–H groups in total. The first kappa shape index (κ1) is 6.45. The highest BCUT2D eigenvalue weighted by atomic mass is 19.3. The van der Waals surface area contributed by atoms with Crippen LogP contribution in [0.5, 0.6) is 0 Å². The van der Waals surface area contributed by atoms with Crippen LogP contribution in [0.3, 0.4) is 0 Å². The van der Waals surface area contributed by atoms with Crippen molar-refractivity contribution in [1.82, 2.24) is 0 Å². The van der Waals surface area contributed by atoms with Crippen LogP contribution in [0, 0.1) is 5.41 Å². The first-order valence-corrected chi connectivity index (χ1v) is 2.61. The van der Waals surface area contributed by atoms with Crippen molar-refractivity contribution >= 4 is 5.97 Å². The third-order valence-corrected chi connectivity index (χ3v) is 1.63. The Kier molecular flexibility index (Phi) is 1.18. The topological polar surface area (TPSA) is 37.3 Å². The van der Waals surface area contributed by atoms with E-state index in [1.807, 2.05) is 0 Å². The average molecular weight is 136 g/mol. The van der Waals surface area contributed by atoms with Gasteiger partial charge in [-0.25, -0.2) is 8.78 Å². The van der Waals surface area contributed by atoms with Gasteiger partial charge in [0.15, 0.2) is 0 Å². The number of halogens is 2. The fourth-order valence-corrected chi connectivity index (χ4v) is 0.660. The van der Waals surface area contributed by atoms with Crippen LogP contribution < -0.4 is 0 Å². The lowest BCUT2D eigenvalue weighted by atomic mass is 10.1. The van der Waals surface area contributed by atoms with Crippen LogP contribution >= 0.6 is 0 Å². The maximum Gasteiger partial charge on any atom is 0.315 e. The molecule has 1 aliphatic carbocycles. The molecule has 0 unspecified atom stereocenters. The van der Waals surface area contributed by atoms with Crippen molar-refractivity contribution in [2.75, 3.05) is 0 Å². The second-order valence-electron chi connectivity index (χ2n) is 2.26. The molecule has 1 aliphatic rings. The van der Waals surface area contributed by atoms with Crippen LogP contribution in [0.1, 0.15) is 12.8 Å². The number of carbonyl (C=O) groups is 1. The van der Waals surface area contributed by atoms with Crippen LogP contribution in [0.15, 0.2) is 0 Å². The Hall–Kier alpha value is -0.670. The predicted molar refractivity (Wildman–Crippen MR) is 25.3 cm³/mol. The number of rotatable bonds is 2. The molecule has 1 rings (SSSR count). The van der Waals surface area contributed by atoms with Gasteiger partial charge in [-0.05, 0) is 12.8 Å². The van der Waals surface area contributed by atoms with E-state index in [9.17, 15) is 13.6 Å². The van der Waals surface area contributed by atoms with Crippen molar-refractivity contribution in [1.29, 1.82) is 0 Å². The van der Waals surface area contributed by atoms with E-state index in [2.05, 4.69) is 0 Å². The molecule has 9 heavy (non-hydrogen) atoms. The second kappa shape index (κ2) is 1.65. The molecule has 0 aromatic heterocycles. The monoisotopic (exact) mass is 136 g/mol. The molecule has 0 bridgehead atoms. The normalized spacial score (nSPS) is 22.1. The highest BCUT2D eigenvalue weighted by Crippen LogP contribution is 2.50. The van der Waals surface area contributed by atoms with Crippen LogP contribution in [-0.4, -0.2) is 17.5 Å². The molecule has 2 nitrogen and oxygen atoms in total. The predicted octanol–water partition coefficient (Wildman–Crippen LogP) is 1.12. The molecule has 52 valence electrons. The third kappa shape index (κ3) is 0.781. The Balaban J connectivity index is 2.63. The van der Waals surface area contributed by atoms with Gasteiger partial charge in [0.1, 0.15) is 5.41 Å². The van der Waals surface area contributed by atoms with Crippen molar-refractivity contribution in [3.05, 3.63) is 0 Å². The zero-order valence-electron chi connectivity index (χ0n) is 4.60. The molecule has 0 radical (unpaired) electrons. The van der Waals surface area contributed by atoms with Gasteiger partial charge in [-0.1, -0.05) is 0 Å². The zero-order chi connectivity index (χ0) is 7.07. The zero-order valence-corrected chi connectivity index (χ0v) is 4.60. The smallest absolute Gasteiger partial charge is 0.315 e. The van der Waals surface area contributed by atoms with Crippen molar-refractivity contribution < 1.29 is 18.7 Å². The highest BCUT2D eigenvalue weighted by Gasteiger charge is 2.58. The van der Waals surface area contributed by atoms with Gasteiger partial charge < -0.3 is 5.11 Å². The molecule has 0 heterocycles. The number of aliphatic carboxylic acids is 1. The highest BCUT2D eigenvalue weighted by molar-refractivity contribution is 5.78. The van der Waals surface area contributed by atoms with E-state index in [-0.39, 0.29) is 12.8 Å². The molecule has 0 amide bonds. The fourth-order valence-electron chi connectivity index (χ4n) is 0.660. The van der Waals surface area contributed by atoms with E-state index in [4.69, 9.17) is 5.11 Å². The van der Waals surface area contributed by atoms with E-state index in [0.717, 1.165) is 0 Å². The number of hydrogen-bond donors (Lipinski definition) is 1. The summed E-state index contributed by atoms with van der Waals surface area (Å²) in [5.74, 6) is -1.36. The Morgan fingerprint density at radius 1 is 1.56 bits per heavy atom. The van der Waals surface area contributed by atoms with Crippen molar-refractivity contribution in [2.45, 2.75) is 19.3 Å². The summed E-state index contributed by atoms with van der Waals surface area (Å²) in [6.07, 6.45) is -2.45. The lowest BCUT2D eigenvalue weighted by molar-refractivity contribution is -0.149. The summed E-state index contributed by atoms with van der Waals surface area (Å²) in [5, 5.41) is 8.19. The summed E-state index contributed by atoms with van der Waals surface area (Å²) in [4.78, 5) is 10.0. The molecular formula is C5H6F2O2. The average Bonchev–Trinajstić information content (AvgIpc) is 2.40. The van der Waals surface area contributed by atoms with Gasteiger partial charge in [-0.3, -0.25) is 4.79 Å². The largest absolute Gasteiger partial charge is 0.481 e. The summed E-state index contributed by atoms with van der Waals surface area (Å²) in [5.41, 5.74) is -1.67. The Morgan fingerprint density at radius 3 is 2.00 bits per heavy atom. The van der Waals surface area contributed by atoms with Crippen LogP contribution in [0.2, 0.25) is 0 Å². The summed E-state index contributed by atoms with van der Waals surface area (Å²) >= 11 is 0. The van der Waals surface area contributed by atoms with Crippen LogP contribution in [0.4, 0.5) is 8.78 Å². The lowest BCUT2D eigenvalue weighted by Crippen LogP contribution is -2.22. The molecule has 0 spiro atoms. The van der Waals surface area contributed by atoms with E-state index in [1.54, 1.807) is 0 Å². The fraction of sp³-hybridized carbons (Fsp3) is 0.800. The van der Waals surface area contributed by atoms with Crippen molar-refractivity contribution in [3.8, 4) is 0 Å². The Morgan fingerprint density at radius 2 is 2.00 bits per heavy atom. The van der Waals surface area contributed by atoms with Gasteiger partial charge in [0.2, 0.25) is 0 Å². The van der Waals surface area contributed by atoms with E-state index >= 15 is 0 Å². The molecular weight excluding hydrogens is 130 g/mol. The Labute approximate surface area is 50.5 Å². The van der Waals surface area contributed by atoms with Crippen molar-refractivity contribution in [2.24, 2.45) is 5.41 Å². The molecule has 0 aromatic carbocycles. The molecule has 0 atom stereocenters. The summed E-state index contributed by atoms with van der Waals surface area (Å²) < 4.78 is 23.5. The molecule has 0 aliphatic heterocycles. The molecule has 4 heteroatoms. The molecule has 1 saturated carbocycles. The van der Waals surface area contributed by atoms with E-state index in [0.29, 0.717) is 0 Å².